The van der Waals surface area contributed by atoms with E-state index in [1.807, 2.05) is 42.5 Å². The summed E-state index contributed by atoms with van der Waals surface area (Å²) < 4.78 is 44.0. The summed E-state index contributed by atoms with van der Waals surface area (Å²) in [4.78, 5) is 12.4. The van der Waals surface area contributed by atoms with E-state index in [4.69, 9.17) is 14.2 Å². The molecule has 1 heterocycles. The summed E-state index contributed by atoms with van der Waals surface area (Å²) >= 11 is 0. The van der Waals surface area contributed by atoms with E-state index in [2.05, 4.69) is 5.32 Å². The lowest BCUT2D eigenvalue weighted by atomic mass is 10.0. The molecule has 0 saturated carbocycles. The van der Waals surface area contributed by atoms with E-state index in [9.17, 15) is 13.2 Å². The topological polar surface area (TPSA) is 94.2 Å². The molecule has 9 heteroatoms. The third-order valence-corrected chi connectivity index (χ3v) is 7.86. The molecule has 0 spiro atoms. The van der Waals surface area contributed by atoms with Gasteiger partial charge >= 0.3 is 0 Å². The van der Waals surface area contributed by atoms with Crippen LogP contribution >= 0.6 is 0 Å². The zero-order valence-electron chi connectivity index (χ0n) is 20.4. The average Bonchev–Trinajstić information content (AvgIpc) is 2.91. The molecule has 4 rings (SSSR count). The smallest absolute Gasteiger partial charge is 0.264 e. The molecule has 1 aliphatic heterocycles. The fourth-order valence-corrected chi connectivity index (χ4v) is 5.71. The molecule has 0 bridgehead atoms. The van der Waals surface area contributed by atoms with Crippen LogP contribution in [-0.2, 0) is 27.7 Å². The molecule has 8 nitrogen and oxygen atoms in total. The van der Waals surface area contributed by atoms with Gasteiger partial charge in [0.1, 0.15) is 5.75 Å². The Morgan fingerprint density at radius 2 is 1.72 bits per heavy atom. The van der Waals surface area contributed by atoms with E-state index in [0.717, 1.165) is 29.7 Å². The Kier molecular flexibility index (Phi) is 8.00. The van der Waals surface area contributed by atoms with Gasteiger partial charge in [-0.1, -0.05) is 24.3 Å². The van der Waals surface area contributed by atoms with Crippen molar-refractivity contribution < 1.29 is 27.4 Å². The summed E-state index contributed by atoms with van der Waals surface area (Å²) in [6.45, 7) is 0.713. The largest absolute Gasteiger partial charge is 0.493 e. The minimum Gasteiger partial charge on any atom is -0.493 e. The van der Waals surface area contributed by atoms with Gasteiger partial charge in [-0.2, -0.15) is 0 Å². The number of rotatable bonds is 10. The quantitative estimate of drug-likeness (QED) is 0.448. The van der Waals surface area contributed by atoms with Crippen LogP contribution in [0.3, 0.4) is 0 Å². The molecule has 0 radical (unpaired) electrons. The number of carbonyl (C=O) groups is 1. The predicted octanol–water partition coefficient (Wildman–Crippen LogP) is 3.58. The van der Waals surface area contributed by atoms with E-state index in [0.29, 0.717) is 36.8 Å². The summed E-state index contributed by atoms with van der Waals surface area (Å²) in [5.74, 6) is 1.44. The Bertz CT molecular complexity index is 1310. The maximum absolute atomic E-state index is 13.2. The number of carbonyl (C=O) groups excluding carboxylic acids is 1. The van der Waals surface area contributed by atoms with Crippen molar-refractivity contribution in [2.75, 3.05) is 38.2 Å². The molecule has 3 aromatic rings. The van der Waals surface area contributed by atoms with E-state index >= 15 is 0 Å². The van der Waals surface area contributed by atoms with Crippen molar-refractivity contribution in [2.45, 2.75) is 24.2 Å². The zero-order chi connectivity index (χ0) is 25.5. The van der Waals surface area contributed by atoms with Crippen molar-refractivity contribution in [1.29, 1.82) is 0 Å². The number of para-hydroxylation sites is 1. The van der Waals surface area contributed by atoms with Crippen molar-refractivity contribution in [3.05, 3.63) is 77.9 Å². The highest BCUT2D eigenvalue weighted by Gasteiger charge is 2.28. The summed E-state index contributed by atoms with van der Waals surface area (Å²) in [5, 5.41) is 2.82. The monoisotopic (exact) mass is 510 g/mol. The second-order valence-electron chi connectivity index (χ2n) is 8.36. The number of amides is 1. The normalized spacial score (nSPS) is 13.0. The Morgan fingerprint density at radius 3 is 2.47 bits per heavy atom. The van der Waals surface area contributed by atoms with Gasteiger partial charge in [0.25, 0.3) is 15.9 Å². The third-order valence-electron chi connectivity index (χ3n) is 6.03. The number of sulfonamides is 1. The summed E-state index contributed by atoms with van der Waals surface area (Å²) in [7, 11) is -0.530. The van der Waals surface area contributed by atoms with Gasteiger partial charge < -0.3 is 19.5 Å². The van der Waals surface area contributed by atoms with Gasteiger partial charge in [0.15, 0.2) is 18.1 Å². The molecular weight excluding hydrogens is 480 g/mol. The molecule has 0 atom stereocenters. The van der Waals surface area contributed by atoms with Gasteiger partial charge in [0.05, 0.1) is 24.8 Å². The minimum absolute atomic E-state index is 0.169. The number of nitrogens with one attached hydrogen (secondary N) is 1. The van der Waals surface area contributed by atoms with Crippen LogP contribution in [0.1, 0.15) is 17.5 Å². The lowest BCUT2D eigenvalue weighted by Gasteiger charge is -2.30. The number of hydrogen-bond acceptors (Lipinski definition) is 6. The highest BCUT2D eigenvalue weighted by Crippen LogP contribution is 2.32. The Morgan fingerprint density at radius 1 is 0.972 bits per heavy atom. The summed E-state index contributed by atoms with van der Waals surface area (Å²) in [5.41, 5.74) is 2.76. The fourth-order valence-electron chi connectivity index (χ4n) is 4.17. The first kappa shape index (κ1) is 25.4. The summed E-state index contributed by atoms with van der Waals surface area (Å²) in [6.07, 6.45) is 2.27. The van der Waals surface area contributed by atoms with Gasteiger partial charge in [-0.25, -0.2) is 8.42 Å². The molecule has 3 aromatic carbocycles. The Balaban J connectivity index is 1.29. The molecule has 36 heavy (non-hydrogen) atoms. The van der Waals surface area contributed by atoms with E-state index in [1.54, 1.807) is 26.4 Å². The highest BCUT2D eigenvalue weighted by molar-refractivity contribution is 7.92. The number of ether oxygens (including phenoxy) is 3. The number of hydrogen-bond donors (Lipinski definition) is 1. The minimum atomic E-state index is -3.69. The number of nitrogens with zero attached hydrogens (tertiary/aromatic N) is 1. The molecule has 0 saturated heterocycles. The molecule has 0 aliphatic carbocycles. The second kappa shape index (κ2) is 11.3. The van der Waals surface area contributed by atoms with Crippen LogP contribution < -0.4 is 23.8 Å². The van der Waals surface area contributed by atoms with Gasteiger partial charge in [0, 0.05) is 13.1 Å². The van der Waals surface area contributed by atoms with Crippen LogP contribution in [-0.4, -0.2) is 48.2 Å². The van der Waals surface area contributed by atoms with Gasteiger partial charge in [-0.15, -0.1) is 0 Å². The maximum Gasteiger partial charge on any atom is 0.264 e. The van der Waals surface area contributed by atoms with Crippen LogP contribution in [0, 0.1) is 0 Å². The lowest BCUT2D eigenvalue weighted by molar-refractivity contribution is -0.123. The number of benzene rings is 3. The average molecular weight is 511 g/mol. The van der Waals surface area contributed by atoms with Crippen molar-refractivity contribution in [3.63, 3.8) is 0 Å². The van der Waals surface area contributed by atoms with Crippen LogP contribution in [0.5, 0.6) is 17.2 Å². The molecule has 190 valence electrons. The first-order valence-electron chi connectivity index (χ1n) is 11.7. The number of methoxy groups -OCH3 is 2. The third kappa shape index (κ3) is 5.73. The van der Waals surface area contributed by atoms with E-state index in [1.165, 1.54) is 16.4 Å². The SMILES string of the molecule is COc1ccc(CCNC(=O)COc2ccc(S(=O)(=O)N3CCCc4ccccc43)cc2)cc1OC. The predicted molar refractivity (Wildman–Crippen MR) is 137 cm³/mol. The standard InChI is InChI=1S/C27H30N2O6S/c1-33-25-14-9-20(18-26(25)34-2)15-16-28-27(30)19-35-22-10-12-23(13-11-22)36(31,32)29-17-5-7-21-6-3-4-8-24(21)29/h3-4,6,8-14,18H,5,7,15-17,19H2,1-2H3,(H,28,30). The van der Waals surface area contributed by atoms with Crippen LogP contribution in [0.4, 0.5) is 5.69 Å². The maximum atomic E-state index is 13.2. The van der Waals surface area contributed by atoms with Crippen molar-refractivity contribution in [3.8, 4) is 17.2 Å². The number of aryl methyl sites for hydroxylation is 1. The first-order valence-corrected chi connectivity index (χ1v) is 13.2. The van der Waals surface area contributed by atoms with Crippen LogP contribution in [0.15, 0.2) is 71.6 Å². The second-order valence-corrected chi connectivity index (χ2v) is 10.2. The van der Waals surface area contributed by atoms with Crippen molar-refractivity contribution in [1.82, 2.24) is 5.32 Å². The number of anilines is 1. The van der Waals surface area contributed by atoms with Crippen molar-refractivity contribution >= 4 is 21.6 Å². The van der Waals surface area contributed by atoms with Crippen LogP contribution in [0.2, 0.25) is 0 Å². The molecule has 0 fully saturated rings. The zero-order valence-corrected chi connectivity index (χ0v) is 21.2. The van der Waals surface area contributed by atoms with Gasteiger partial charge in [-0.05, 0) is 72.9 Å². The Hall–Kier alpha value is -3.72. The molecular formula is C27H30N2O6S. The van der Waals surface area contributed by atoms with Crippen molar-refractivity contribution in [2.24, 2.45) is 0 Å². The van der Waals surface area contributed by atoms with E-state index in [-0.39, 0.29) is 17.4 Å². The van der Waals surface area contributed by atoms with Crippen LogP contribution in [0.25, 0.3) is 0 Å². The summed E-state index contributed by atoms with van der Waals surface area (Å²) in [6, 6.07) is 19.4. The molecule has 1 amide bonds. The molecule has 0 unspecified atom stereocenters. The first-order chi connectivity index (χ1) is 17.4. The number of fused-ring (bicyclic) bond motifs is 1. The molecule has 1 N–H and O–H groups in total. The van der Waals surface area contributed by atoms with Gasteiger partial charge in [0.2, 0.25) is 0 Å². The lowest BCUT2D eigenvalue weighted by Crippen LogP contribution is -2.35. The molecule has 1 aliphatic rings. The Labute approximate surface area is 211 Å². The van der Waals surface area contributed by atoms with Gasteiger partial charge in [-0.3, -0.25) is 9.10 Å². The highest BCUT2D eigenvalue weighted by atomic mass is 32.2. The fraction of sp³-hybridized carbons (Fsp3) is 0.296. The van der Waals surface area contributed by atoms with E-state index < -0.39 is 10.0 Å². The molecule has 0 aromatic heterocycles.